The van der Waals surface area contributed by atoms with E-state index in [-0.39, 0.29) is 16.7 Å². The second-order valence-electron chi connectivity index (χ2n) is 4.90. The summed E-state index contributed by atoms with van der Waals surface area (Å²) >= 11 is 0. The summed E-state index contributed by atoms with van der Waals surface area (Å²) in [4.78, 5) is 22.7. The normalized spacial score (nSPS) is 11.3. The molecule has 122 valence electrons. The molecule has 2 N–H and O–H groups in total. The maximum absolute atomic E-state index is 11.9. The minimum Gasteiger partial charge on any atom is -0.356 e. The average molecular weight is 327 g/mol. The molecule has 0 fully saturated rings. The molecule has 0 saturated carbocycles. The lowest BCUT2D eigenvalue weighted by Gasteiger charge is -2.11. The fraction of sp³-hybridized carbons (Fsp3) is 0.429. The fourth-order valence-electron chi connectivity index (χ4n) is 1.65. The fourth-order valence-corrected chi connectivity index (χ4v) is 2.55. The second kappa shape index (κ2) is 7.90. The molecule has 2 amide bonds. The molecule has 0 saturated heterocycles. The lowest BCUT2D eigenvalue weighted by atomic mass is 10.2. The number of nitrogens with one attached hydrogen (secondary N) is 2. The van der Waals surface area contributed by atoms with Crippen LogP contribution in [0.25, 0.3) is 0 Å². The Morgan fingerprint density at radius 3 is 2.09 bits per heavy atom. The summed E-state index contributed by atoms with van der Waals surface area (Å²) in [6.45, 7) is 2.36. The standard InChI is InChI=1S/C14H21N3O4S/c1-11(18)15-9-4-10-16-14(19)12-5-7-13(8-6-12)22(20,21)17(2)3/h5-8H,4,9-10H2,1-3H3,(H,15,18)(H,16,19). The van der Waals surface area contributed by atoms with Gasteiger partial charge in [-0.15, -0.1) is 0 Å². The largest absolute Gasteiger partial charge is 0.356 e. The zero-order valence-electron chi connectivity index (χ0n) is 12.9. The lowest BCUT2D eigenvalue weighted by molar-refractivity contribution is -0.118. The molecule has 7 nitrogen and oxygen atoms in total. The van der Waals surface area contributed by atoms with Gasteiger partial charge in [-0.05, 0) is 30.7 Å². The average Bonchev–Trinajstić information content (AvgIpc) is 2.46. The van der Waals surface area contributed by atoms with Gasteiger partial charge in [0.1, 0.15) is 0 Å². The van der Waals surface area contributed by atoms with Gasteiger partial charge in [0, 0.05) is 39.7 Å². The SMILES string of the molecule is CC(=O)NCCCNC(=O)c1ccc(S(=O)(=O)N(C)C)cc1. The monoisotopic (exact) mass is 327 g/mol. The number of hydrogen-bond donors (Lipinski definition) is 2. The van der Waals surface area contributed by atoms with Gasteiger partial charge in [-0.2, -0.15) is 0 Å². The Bertz CT molecular complexity index is 624. The highest BCUT2D eigenvalue weighted by atomic mass is 32.2. The predicted octanol–water partition coefficient (Wildman–Crippen LogP) is 0.193. The maximum atomic E-state index is 11.9. The molecule has 8 heteroatoms. The van der Waals surface area contributed by atoms with Crippen molar-refractivity contribution in [3.8, 4) is 0 Å². The van der Waals surface area contributed by atoms with Crippen LogP contribution in [-0.2, 0) is 14.8 Å². The Labute approximate surface area is 130 Å². The van der Waals surface area contributed by atoms with Gasteiger partial charge < -0.3 is 10.6 Å². The number of benzene rings is 1. The molecule has 22 heavy (non-hydrogen) atoms. The van der Waals surface area contributed by atoms with Gasteiger partial charge in [0.15, 0.2) is 0 Å². The summed E-state index contributed by atoms with van der Waals surface area (Å²) in [7, 11) is -0.592. The molecule has 0 bridgehead atoms. The first kappa shape index (κ1) is 18.1. The molecule has 0 unspecified atom stereocenters. The molecule has 1 aromatic carbocycles. The van der Waals surface area contributed by atoms with Crippen LogP contribution < -0.4 is 10.6 Å². The summed E-state index contributed by atoms with van der Waals surface area (Å²) in [6, 6.07) is 5.75. The number of carbonyl (C=O) groups is 2. The van der Waals surface area contributed by atoms with Crippen LogP contribution in [0.1, 0.15) is 23.7 Å². The van der Waals surface area contributed by atoms with Crippen LogP contribution in [0, 0.1) is 0 Å². The van der Waals surface area contributed by atoms with E-state index in [1.54, 1.807) is 0 Å². The molecule has 1 rings (SSSR count). The summed E-state index contributed by atoms with van der Waals surface area (Å²) in [5.74, 6) is -0.388. The molecule has 0 atom stereocenters. The smallest absolute Gasteiger partial charge is 0.251 e. The van der Waals surface area contributed by atoms with E-state index in [4.69, 9.17) is 0 Å². The van der Waals surface area contributed by atoms with E-state index in [1.165, 1.54) is 45.3 Å². The van der Waals surface area contributed by atoms with Gasteiger partial charge >= 0.3 is 0 Å². The van der Waals surface area contributed by atoms with Gasteiger partial charge in [-0.25, -0.2) is 12.7 Å². The molecule has 0 aromatic heterocycles. The molecule has 0 heterocycles. The van der Waals surface area contributed by atoms with E-state index < -0.39 is 10.0 Å². The van der Waals surface area contributed by atoms with Crippen LogP contribution in [0.4, 0.5) is 0 Å². The number of hydrogen-bond acceptors (Lipinski definition) is 4. The van der Waals surface area contributed by atoms with E-state index >= 15 is 0 Å². The number of carbonyl (C=O) groups excluding carboxylic acids is 2. The molecule has 0 aliphatic rings. The van der Waals surface area contributed by atoms with Crippen molar-refractivity contribution >= 4 is 21.8 Å². The first-order valence-corrected chi connectivity index (χ1v) is 8.24. The Hall–Kier alpha value is -1.93. The van der Waals surface area contributed by atoms with Crippen LogP contribution in [0.15, 0.2) is 29.2 Å². The van der Waals surface area contributed by atoms with Crippen molar-refractivity contribution in [1.29, 1.82) is 0 Å². The molecule has 0 aliphatic carbocycles. The molecule has 0 radical (unpaired) electrons. The minimum absolute atomic E-state index is 0.107. The third kappa shape index (κ3) is 5.12. The van der Waals surface area contributed by atoms with Crippen molar-refractivity contribution in [2.75, 3.05) is 27.2 Å². The van der Waals surface area contributed by atoms with Gasteiger partial charge in [-0.3, -0.25) is 9.59 Å². The van der Waals surface area contributed by atoms with Gasteiger partial charge in [-0.1, -0.05) is 0 Å². The van der Waals surface area contributed by atoms with Crippen molar-refractivity contribution in [1.82, 2.24) is 14.9 Å². The molecule has 0 spiro atoms. The quantitative estimate of drug-likeness (QED) is 0.699. The van der Waals surface area contributed by atoms with E-state index in [0.29, 0.717) is 25.1 Å². The summed E-state index contributed by atoms with van der Waals surface area (Å²) < 4.78 is 24.9. The topological polar surface area (TPSA) is 95.6 Å². The highest BCUT2D eigenvalue weighted by Gasteiger charge is 2.17. The lowest BCUT2D eigenvalue weighted by Crippen LogP contribution is -2.28. The maximum Gasteiger partial charge on any atom is 0.251 e. The Morgan fingerprint density at radius 2 is 1.59 bits per heavy atom. The minimum atomic E-state index is -3.49. The van der Waals surface area contributed by atoms with Crippen LogP contribution >= 0.6 is 0 Å². The third-order valence-corrected chi connectivity index (χ3v) is 4.74. The zero-order chi connectivity index (χ0) is 16.8. The van der Waals surface area contributed by atoms with Crippen molar-refractivity contribution in [3.63, 3.8) is 0 Å². The van der Waals surface area contributed by atoms with E-state index in [1.807, 2.05) is 0 Å². The summed E-state index contributed by atoms with van der Waals surface area (Å²) in [6.07, 6.45) is 0.623. The molecular formula is C14H21N3O4S. The van der Waals surface area contributed by atoms with Crippen molar-refractivity contribution < 1.29 is 18.0 Å². The first-order chi connectivity index (χ1) is 10.2. The highest BCUT2D eigenvalue weighted by Crippen LogP contribution is 2.13. The zero-order valence-corrected chi connectivity index (χ0v) is 13.7. The number of amides is 2. The Kier molecular flexibility index (Phi) is 6.51. The number of sulfonamides is 1. The molecular weight excluding hydrogens is 306 g/mol. The van der Waals surface area contributed by atoms with Crippen LogP contribution in [0.3, 0.4) is 0 Å². The van der Waals surface area contributed by atoms with Crippen molar-refractivity contribution in [2.45, 2.75) is 18.2 Å². The summed E-state index contributed by atoms with van der Waals surface area (Å²) in [5, 5.41) is 5.34. The number of nitrogens with zero attached hydrogens (tertiary/aromatic N) is 1. The highest BCUT2D eigenvalue weighted by molar-refractivity contribution is 7.89. The predicted molar refractivity (Wildman–Crippen MR) is 82.9 cm³/mol. The molecule has 0 aliphatic heterocycles. The number of rotatable bonds is 7. The Balaban J connectivity index is 2.56. The van der Waals surface area contributed by atoms with Gasteiger partial charge in [0.25, 0.3) is 5.91 Å². The summed E-state index contributed by atoms with van der Waals surface area (Å²) in [5.41, 5.74) is 0.386. The Morgan fingerprint density at radius 1 is 1.05 bits per heavy atom. The van der Waals surface area contributed by atoms with Crippen molar-refractivity contribution in [2.24, 2.45) is 0 Å². The van der Waals surface area contributed by atoms with E-state index in [0.717, 1.165) is 4.31 Å². The van der Waals surface area contributed by atoms with Crippen LogP contribution in [-0.4, -0.2) is 51.7 Å². The van der Waals surface area contributed by atoms with Gasteiger partial charge in [0.05, 0.1) is 4.90 Å². The molecule has 1 aromatic rings. The second-order valence-corrected chi connectivity index (χ2v) is 7.06. The third-order valence-electron chi connectivity index (χ3n) is 2.91. The van der Waals surface area contributed by atoms with Gasteiger partial charge in [0.2, 0.25) is 15.9 Å². The first-order valence-electron chi connectivity index (χ1n) is 6.80. The van der Waals surface area contributed by atoms with Crippen LogP contribution in [0.5, 0.6) is 0 Å². The van der Waals surface area contributed by atoms with E-state index in [9.17, 15) is 18.0 Å². The van der Waals surface area contributed by atoms with Crippen molar-refractivity contribution in [3.05, 3.63) is 29.8 Å². The van der Waals surface area contributed by atoms with Crippen LogP contribution in [0.2, 0.25) is 0 Å². The van der Waals surface area contributed by atoms with E-state index in [2.05, 4.69) is 10.6 Å².